The Labute approximate surface area is 125 Å². The fraction of sp³-hybridized carbons (Fsp3) is 0.571. The molecule has 0 saturated carbocycles. The quantitative estimate of drug-likeness (QED) is 0.824. The Kier molecular flexibility index (Phi) is 3.42. The maximum absolute atomic E-state index is 12.7. The average molecular weight is 330 g/mol. The van der Waals surface area contributed by atoms with Crippen LogP contribution in [0, 0.1) is 0 Å². The summed E-state index contributed by atoms with van der Waals surface area (Å²) in [6.07, 6.45) is 1.36. The summed E-state index contributed by atoms with van der Waals surface area (Å²) in [7, 11) is -7.57. The maximum Gasteiger partial charge on any atom is 0.204 e. The summed E-state index contributed by atoms with van der Waals surface area (Å²) in [6, 6.07) is 8.86. The minimum atomic E-state index is -3.82. The van der Waals surface area contributed by atoms with Crippen molar-refractivity contribution in [2.45, 2.75) is 34.7 Å². The highest BCUT2D eigenvalue weighted by atomic mass is 32.3. The maximum atomic E-state index is 12.7. The molecule has 0 radical (unpaired) electrons. The second kappa shape index (κ2) is 4.79. The van der Waals surface area contributed by atoms with E-state index in [0.717, 1.165) is 6.26 Å². The monoisotopic (exact) mass is 330 g/mol. The van der Waals surface area contributed by atoms with Crippen LogP contribution in [0.25, 0.3) is 0 Å². The number of benzene rings is 1. The van der Waals surface area contributed by atoms with Crippen LogP contribution in [-0.2, 0) is 30.8 Å². The first kappa shape index (κ1) is 15.0. The van der Waals surface area contributed by atoms with Gasteiger partial charge in [-0.3, -0.25) is 0 Å². The molecule has 0 aliphatic carbocycles. The van der Waals surface area contributed by atoms with Crippen molar-refractivity contribution in [2.75, 3.05) is 12.9 Å². The van der Waals surface area contributed by atoms with Crippen LogP contribution >= 0.6 is 0 Å². The lowest BCUT2D eigenvalue weighted by Crippen LogP contribution is -2.75. The van der Waals surface area contributed by atoms with Gasteiger partial charge in [-0.25, -0.2) is 16.8 Å². The van der Waals surface area contributed by atoms with Crippen molar-refractivity contribution < 1.29 is 21.6 Å². The molecule has 7 heteroatoms. The van der Waals surface area contributed by atoms with Crippen LogP contribution in [0.4, 0.5) is 0 Å². The standard InChI is InChI=1S/C14H18O5S2/c1-20(15,16)14(10-11-6-3-2-4-7-11)13-12(21(14,17)18)8-5-9-19-13/h2-4,6-7,12-13H,5,8-10H2,1H3/t12-,13-,14+/m1/s1. The van der Waals surface area contributed by atoms with Crippen molar-refractivity contribution in [1.82, 2.24) is 0 Å². The van der Waals surface area contributed by atoms with E-state index < -0.39 is 35.1 Å². The Morgan fingerprint density at radius 3 is 2.57 bits per heavy atom. The predicted molar refractivity (Wildman–Crippen MR) is 79.4 cm³/mol. The smallest absolute Gasteiger partial charge is 0.204 e. The minimum absolute atomic E-state index is 0.0455. The molecular weight excluding hydrogens is 312 g/mol. The van der Waals surface area contributed by atoms with Crippen molar-refractivity contribution in [2.24, 2.45) is 0 Å². The van der Waals surface area contributed by atoms with Gasteiger partial charge in [0.25, 0.3) is 0 Å². The van der Waals surface area contributed by atoms with Gasteiger partial charge in [-0.15, -0.1) is 0 Å². The Morgan fingerprint density at radius 2 is 1.95 bits per heavy atom. The highest BCUT2D eigenvalue weighted by Gasteiger charge is 2.74. The molecule has 3 rings (SSSR count). The van der Waals surface area contributed by atoms with Crippen molar-refractivity contribution in [1.29, 1.82) is 0 Å². The van der Waals surface area contributed by atoms with Crippen molar-refractivity contribution in [3.05, 3.63) is 35.9 Å². The molecule has 0 amide bonds. The third-order valence-electron chi connectivity index (χ3n) is 4.50. The number of hydrogen-bond acceptors (Lipinski definition) is 5. The van der Waals surface area contributed by atoms with E-state index in [1.807, 2.05) is 6.07 Å². The van der Waals surface area contributed by atoms with Crippen LogP contribution in [0.2, 0.25) is 0 Å². The van der Waals surface area contributed by atoms with Gasteiger partial charge in [0.05, 0.1) is 5.25 Å². The number of fused-ring (bicyclic) bond motifs is 1. The van der Waals surface area contributed by atoms with E-state index >= 15 is 0 Å². The first-order chi connectivity index (χ1) is 9.81. The van der Waals surface area contributed by atoms with Gasteiger partial charge in [-0.05, 0) is 18.4 Å². The molecular formula is C14H18O5S2. The zero-order chi connectivity index (χ0) is 15.3. The highest BCUT2D eigenvalue weighted by molar-refractivity contribution is 8.11. The summed E-state index contributed by atoms with van der Waals surface area (Å²) in [5, 5.41) is -0.676. The van der Waals surface area contributed by atoms with E-state index in [9.17, 15) is 16.8 Å². The summed E-state index contributed by atoms with van der Waals surface area (Å²) in [6.45, 7) is 0.419. The van der Waals surface area contributed by atoms with Crippen LogP contribution in [0.3, 0.4) is 0 Å². The highest BCUT2D eigenvalue weighted by Crippen LogP contribution is 2.51. The second-order valence-electron chi connectivity index (χ2n) is 5.76. The third-order valence-corrected chi connectivity index (χ3v) is 10.4. The molecule has 1 aromatic carbocycles. The molecule has 0 N–H and O–H groups in total. The fourth-order valence-corrected chi connectivity index (χ4v) is 9.01. The Hall–Kier alpha value is -0.920. The summed E-state index contributed by atoms with van der Waals surface area (Å²) in [5.41, 5.74) is 0.694. The molecule has 2 aliphatic rings. The van der Waals surface area contributed by atoms with E-state index in [-0.39, 0.29) is 6.42 Å². The Balaban J connectivity index is 2.11. The summed E-state index contributed by atoms with van der Waals surface area (Å²) in [5.74, 6) is 0. The average Bonchev–Trinajstić information content (AvgIpc) is 2.44. The molecule has 2 fully saturated rings. The van der Waals surface area contributed by atoms with Gasteiger partial charge in [0.1, 0.15) is 6.10 Å². The predicted octanol–water partition coefficient (Wildman–Crippen LogP) is 0.946. The normalized spacial score (nSPS) is 34.7. The molecule has 0 spiro atoms. The molecule has 2 aliphatic heterocycles. The van der Waals surface area contributed by atoms with E-state index in [2.05, 4.69) is 0 Å². The lowest BCUT2D eigenvalue weighted by atomic mass is 9.98. The van der Waals surface area contributed by atoms with Crippen LogP contribution < -0.4 is 0 Å². The van der Waals surface area contributed by atoms with Gasteiger partial charge in [0, 0.05) is 19.3 Å². The second-order valence-corrected chi connectivity index (χ2v) is 10.7. The zero-order valence-corrected chi connectivity index (χ0v) is 13.4. The largest absolute Gasteiger partial charge is 0.374 e. The number of rotatable bonds is 3. The zero-order valence-electron chi connectivity index (χ0n) is 11.7. The summed E-state index contributed by atoms with van der Waals surface area (Å²) < 4.78 is 53.8. The number of sulfone groups is 2. The van der Waals surface area contributed by atoms with E-state index in [1.165, 1.54) is 0 Å². The van der Waals surface area contributed by atoms with Gasteiger partial charge in [0.15, 0.2) is 19.7 Å². The molecule has 2 heterocycles. The van der Waals surface area contributed by atoms with Gasteiger partial charge in [0.2, 0.25) is 4.08 Å². The van der Waals surface area contributed by atoms with Crippen molar-refractivity contribution in [3.63, 3.8) is 0 Å². The molecule has 21 heavy (non-hydrogen) atoms. The molecule has 0 aromatic heterocycles. The molecule has 116 valence electrons. The molecule has 2 saturated heterocycles. The SMILES string of the molecule is CS(=O)(=O)[C@]1(Cc2ccccc2)[C@@H]2OCCC[C@H]2S1(=O)=O. The molecule has 1 aromatic rings. The molecule has 5 nitrogen and oxygen atoms in total. The van der Waals surface area contributed by atoms with Crippen molar-refractivity contribution >= 4 is 19.7 Å². The third kappa shape index (κ3) is 1.98. The topological polar surface area (TPSA) is 77.5 Å². The Morgan fingerprint density at radius 1 is 1.29 bits per heavy atom. The lowest BCUT2D eigenvalue weighted by molar-refractivity contribution is -0.00890. The van der Waals surface area contributed by atoms with Gasteiger partial charge < -0.3 is 4.74 Å². The summed E-state index contributed by atoms with van der Waals surface area (Å²) in [4.78, 5) is 0. The van der Waals surface area contributed by atoms with Crippen LogP contribution in [0.15, 0.2) is 30.3 Å². The van der Waals surface area contributed by atoms with Gasteiger partial charge in [-0.1, -0.05) is 30.3 Å². The molecule has 0 unspecified atom stereocenters. The van der Waals surface area contributed by atoms with Crippen molar-refractivity contribution in [3.8, 4) is 0 Å². The lowest BCUT2D eigenvalue weighted by Gasteiger charge is -2.53. The van der Waals surface area contributed by atoms with Crippen LogP contribution in [0.5, 0.6) is 0 Å². The number of hydrogen-bond donors (Lipinski definition) is 0. The first-order valence-electron chi connectivity index (χ1n) is 6.89. The minimum Gasteiger partial charge on any atom is -0.374 e. The van der Waals surface area contributed by atoms with E-state index in [1.54, 1.807) is 24.3 Å². The fourth-order valence-electron chi connectivity index (χ4n) is 3.46. The van der Waals surface area contributed by atoms with Crippen LogP contribution in [0.1, 0.15) is 18.4 Å². The van der Waals surface area contributed by atoms with Gasteiger partial charge in [-0.2, -0.15) is 0 Å². The van der Waals surface area contributed by atoms with Gasteiger partial charge >= 0.3 is 0 Å². The number of ether oxygens (including phenoxy) is 1. The Bertz CT molecular complexity index is 739. The molecule has 0 bridgehead atoms. The first-order valence-corrected chi connectivity index (χ1v) is 10.3. The van der Waals surface area contributed by atoms with E-state index in [4.69, 9.17) is 4.74 Å². The van der Waals surface area contributed by atoms with Crippen LogP contribution in [-0.4, -0.2) is 45.1 Å². The molecule has 3 atom stereocenters. The summed E-state index contributed by atoms with van der Waals surface area (Å²) >= 11 is 0. The van der Waals surface area contributed by atoms with E-state index in [0.29, 0.717) is 25.0 Å².